The van der Waals surface area contributed by atoms with Gasteiger partial charge in [0.25, 0.3) is 0 Å². The SMILES string of the molecule is O=C1CCCCC1OC1CCCCC1. The van der Waals surface area contributed by atoms with Gasteiger partial charge in [0.1, 0.15) is 6.10 Å². The summed E-state index contributed by atoms with van der Waals surface area (Å²) in [5, 5.41) is 0. The highest BCUT2D eigenvalue weighted by Crippen LogP contribution is 2.25. The summed E-state index contributed by atoms with van der Waals surface area (Å²) in [6.45, 7) is 0. The van der Waals surface area contributed by atoms with Crippen LogP contribution in [0.2, 0.25) is 0 Å². The molecule has 0 amide bonds. The van der Waals surface area contributed by atoms with Gasteiger partial charge in [-0.05, 0) is 32.1 Å². The minimum Gasteiger partial charge on any atom is -0.367 e. The van der Waals surface area contributed by atoms with Gasteiger partial charge in [-0.3, -0.25) is 4.79 Å². The molecule has 2 saturated carbocycles. The zero-order chi connectivity index (χ0) is 9.80. The van der Waals surface area contributed by atoms with Crippen molar-refractivity contribution in [3.8, 4) is 0 Å². The lowest BCUT2D eigenvalue weighted by Gasteiger charge is -2.28. The van der Waals surface area contributed by atoms with E-state index in [4.69, 9.17) is 4.74 Å². The number of Topliss-reactive ketones (excluding diaryl/α,β-unsaturated/α-hetero) is 1. The van der Waals surface area contributed by atoms with Crippen molar-refractivity contribution in [2.75, 3.05) is 0 Å². The van der Waals surface area contributed by atoms with Gasteiger partial charge in [0.15, 0.2) is 5.78 Å². The van der Waals surface area contributed by atoms with Crippen LogP contribution in [0.5, 0.6) is 0 Å². The summed E-state index contributed by atoms with van der Waals surface area (Å²) in [5.41, 5.74) is 0. The summed E-state index contributed by atoms with van der Waals surface area (Å²) in [4.78, 5) is 11.5. The Labute approximate surface area is 86.0 Å². The van der Waals surface area contributed by atoms with Crippen LogP contribution in [0.25, 0.3) is 0 Å². The minimum absolute atomic E-state index is 0.0492. The average molecular weight is 196 g/mol. The first-order valence-electron chi connectivity index (χ1n) is 6.04. The molecule has 80 valence electrons. The summed E-state index contributed by atoms with van der Waals surface area (Å²) in [6.07, 6.45) is 10.5. The van der Waals surface area contributed by atoms with E-state index < -0.39 is 0 Å². The fourth-order valence-electron chi connectivity index (χ4n) is 2.53. The van der Waals surface area contributed by atoms with Gasteiger partial charge in [-0.2, -0.15) is 0 Å². The standard InChI is InChI=1S/C12H20O2/c13-11-8-4-5-9-12(11)14-10-6-2-1-3-7-10/h10,12H,1-9H2. The monoisotopic (exact) mass is 196 g/mol. The Morgan fingerprint density at radius 3 is 2.36 bits per heavy atom. The number of carbonyl (C=O) groups is 1. The Morgan fingerprint density at radius 2 is 1.64 bits per heavy atom. The first kappa shape index (κ1) is 10.2. The van der Waals surface area contributed by atoms with Gasteiger partial charge in [-0.25, -0.2) is 0 Å². The zero-order valence-corrected chi connectivity index (χ0v) is 8.84. The van der Waals surface area contributed by atoms with E-state index in [-0.39, 0.29) is 6.10 Å². The van der Waals surface area contributed by atoms with Crippen LogP contribution in [0.15, 0.2) is 0 Å². The van der Waals surface area contributed by atoms with Crippen LogP contribution in [0.3, 0.4) is 0 Å². The highest BCUT2D eigenvalue weighted by Gasteiger charge is 2.26. The zero-order valence-electron chi connectivity index (χ0n) is 8.84. The van der Waals surface area contributed by atoms with Gasteiger partial charge in [0.2, 0.25) is 0 Å². The number of ketones is 1. The largest absolute Gasteiger partial charge is 0.367 e. The Hall–Kier alpha value is -0.370. The lowest BCUT2D eigenvalue weighted by atomic mass is 9.94. The first-order valence-corrected chi connectivity index (χ1v) is 6.04. The van der Waals surface area contributed by atoms with Crippen molar-refractivity contribution >= 4 is 5.78 Å². The van der Waals surface area contributed by atoms with E-state index in [1.165, 1.54) is 38.5 Å². The lowest BCUT2D eigenvalue weighted by Crippen LogP contribution is -2.32. The highest BCUT2D eigenvalue weighted by atomic mass is 16.5. The molecule has 0 aromatic carbocycles. The van der Waals surface area contributed by atoms with Crippen LogP contribution in [-0.2, 0) is 9.53 Å². The molecule has 2 rings (SSSR count). The van der Waals surface area contributed by atoms with E-state index in [1.807, 2.05) is 0 Å². The van der Waals surface area contributed by atoms with Gasteiger partial charge in [-0.1, -0.05) is 19.3 Å². The van der Waals surface area contributed by atoms with E-state index >= 15 is 0 Å². The molecule has 0 heterocycles. The second kappa shape index (κ2) is 4.92. The maximum absolute atomic E-state index is 11.5. The number of hydrogen-bond acceptors (Lipinski definition) is 2. The van der Waals surface area contributed by atoms with Crippen LogP contribution in [0, 0.1) is 0 Å². The summed E-state index contributed by atoms with van der Waals surface area (Å²) >= 11 is 0. The minimum atomic E-state index is -0.0492. The fraction of sp³-hybridized carbons (Fsp3) is 0.917. The normalized spacial score (nSPS) is 30.6. The summed E-state index contributed by atoms with van der Waals surface area (Å²) < 4.78 is 5.89. The second-order valence-corrected chi connectivity index (χ2v) is 4.60. The summed E-state index contributed by atoms with van der Waals surface area (Å²) in [5.74, 6) is 0.349. The molecule has 2 nitrogen and oxygen atoms in total. The van der Waals surface area contributed by atoms with Crippen LogP contribution < -0.4 is 0 Å². The Bertz CT molecular complexity index is 194. The number of carbonyl (C=O) groups excluding carboxylic acids is 1. The molecule has 2 aliphatic rings. The molecule has 0 aliphatic heterocycles. The van der Waals surface area contributed by atoms with Crippen molar-refractivity contribution < 1.29 is 9.53 Å². The third kappa shape index (κ3) is 2.57. The van der Waals surface area contributed by atoms with Gasteiger partial charge in [0.05, 0.1) is 6.10 Å². The third-order valence-electron chi connectivity index (χ3n) is 3.41. The molecule has 0 aromatic heterocycles. The fourth-order valence-corrected chi connectivity index (χ4v) is 2.53. The maximum Gasteiger partial charge on any atom is 0.161 e. The first-order chi connectivity index (χ1) is 6.86. The van der Waals surface area contributed by atoms with Crippen LogP contribution >= 0.6 is 0 Å². The van der Waals surface area contributed by atoms with E-state index in [1.54, 1.807) is 0 Å². The van der Waals surface area contributed by atoms with E-state index in [9.17, 15) is 4.79 Å². The second-order valence-electron chi connectivity index (χ2n) is 4.60. The van der Waals surface area contributed by atoms with Gasteiger partial charge >= 0.3 is 0 Å². The molecule has 0 spiro atoms. The Morgan fingerprint density at radius 1 is 0.929 bits per heavy atom. The molecule has 0 aromatic rings. The van der Waals surface area contributed by atoms with Gasteiger partial charge in [0, 0.05) is 6.42 Å². The number of rotatable bonds is 2. The molecule has 2 fully saturated rings. The summed E-state index contributed by atoms with van der Waals surface area (Å²) in [6, 6.07) is 0. The van der Waals surface area contributed by atoms with Crippen molar-refractivity contribution in [2.45, 2.75) is 70.0 Å². The van der Waals surface area contributed by atoms with Crippen LogP contribution in [0.1, 0.15) is 57.8 Å². The van der Waals surface area contributed by atoms with Crippen molar-refractivity contribution in [3.63, 3.8) is 0 Å². The van der Waals surface area contributed by atoms with Crippen LogP contribution in [-0.4, -0.2) is 18.0 Å². The molecular formula is C12H20O2. The molecule has 1 unspecified atom stereocenters. The predicted octanol–water partition coefficient (Wildman–Crippen LogP) is 2.85. The van der Waals surface area contributed by atoms with Gasteiger partial charge < -0.3 is 4.74 Å². The third-order valence-corrected chi connectivity index (χ3v) is 3.41. The highest BCUT2D eigenvalue weighted by molar-refractivity contribution is 5.83. The molecular weight excluding hydrogens is 176 g/mol. The molecule has 2 heteroatoms. The Balaban J connectivity index is 1.79. The molecule has 2 aliphatic carbocycles. The molecule has 0 bridgehead atoms. The van der Waals surface area contributed by atoms with E-state index in [0.29, 0.717) is 11.9 Å². The van der Waals surface area contributed by atoms with Crippen molar-refractivity contribution in [3.05, 3.63) is 0 Å². The predicted molar refractivity (Wildman–Crippen MR) is 55.2 cm³/mol. The van der Waals surface area contributed by atoms with Gasteiger partial charge in [-0.15, -0.1) is 0 Å². The summed E-state index contributed by atoms with van der Waals surface area (Å²) in [7, 11) is 0. The molecule has 0 N–H and O–H groups in total. The van der Waals surface area contributed by atoms with E-state index in [2.05, 4.69) is 0 Å². The molecule has 14 heavy (non-hydrogen) atoms. The number of ether oxygens (including phenoxy) is 1. The van der Waals surface area contributed by atoms with Crippen molar-refractivity contribution in [1.29, 1.82) is 0 Å². The molecule has 0 saturated heterocycles. The Kier molecular flexibility index (Phi) is 3.57. The van der Waals surface area contributed by atoms with Crippen molar-refractivity contribution in [1.82, 2.24) is 0 Å². The molecule has 0 radical (unpaired) electrons. The lowest BCUT2D eigenvalue weighted by molar-refractivity contribution is -0.138. The van der Waals surface area contributed by atoms with E-state index in [0.717, 1.165) is 19.3 Å². The topological polar surface area (TPSA) is 26.3 Å². The quantitative estimate of drug-likeness (QED) is 0.679. The van der Waals surface area contributed by atoms with Crippen molar-refractivity contribution in [2.24, 2.45) is 0 Å². The van der Waals surface area contributed by atoms with Crippen LogP contribution in [0.4, 0.5) is 0 Å². The number of hydrogen-bond donors (Lipinski definition) is 0. The smallest absolute Gasteiger partial charge is 0.161 e. The maximum atomic E-state index is 11.5. The average Bonchev–Trinajstić information content (AvgIpc) is 2.23. The molecule has 1 atom stereocenters.